The van der Waals surface area contributed by atoms with E-state index in [0.717, 1.165) is 23.9 Å². The first-order valence-electron chi connectivity index (χ1n) is 12.8. The van der Waals surface area contributed by atoms with Crippen LogP contribution in [0.1, 0.15) is 49.4 Å². The second-order valence-electron chi connectivity index (χ2n) is 9.74. The molecule has 1 aliphatic heterocycles. The van der Waals surface area contributed by atoms with Crippen molar-refractivity contribution in [3.8, 4) is 17.6 Å². The van der Waals surface area contributed by atoms with Gasteiger partial charge >= 0.3 is 5.97 Å². The van der Waals surface area contributed by atoms with Gasteiger partial charge in [-0.1, -0.05) is 23.4 Å². The number of carbonyl (C=O) groups is 1. The van der Waals surface area contributed by atoms with Crippen molar-refractivity contribution in [1.82, 2.24) is 9.88 Å². The minimum absolute atomic E-state index is 0.0383. The summed E-state index contributed by atoms with van der Waals surface area (Å²) in [5.74, 6) is 5.86. The van der Waals surface area contributed by atoms with Gasteiger partial charge < -0.3 is 9.84 Å². The Morgan fingerprint density at radius 2 is 2.08 bits per heavy atom. The van der Waals surface area contributed by atoms with Gasteiger partial charge in [-0.15, -0.1) is 0 Å². The van der Waals surface area contributed by atoms with Crippen LogP contribution in [0.2, 0.25) is 5.02 Å². The van der Waals surface area contributed by atoms with Crippen molar-refractivity contribution in [1.29, 1.82) is 0 Å². The molecule has 1 aliphatic rings. The minimum atomic E-state index is -1.15. The maximum Gasteiger partial charge on any atom is 0.303 e. The Balaban J connectivity index is 1.39. The summed E-state index contributed by atoms with van der Waals surface area (Å²) in [5.41, 5.74) is 1.97. The van der Waals surface area contributed by atoms with E-state index in [2.05, 4.69) is 21.7 Å². The number of aliphatic carboxylic acids is 1. The number of hydrogen-bond acceptors (Lipinski definition) is 4. The average molecular weight is 541 g/mol. The smallest absolute Gasteiger partial charge is 0.303 e. The maximum absolute atomic E-state index is 15.5. The number of ether oxygens (including phenoxy) is 1. The number of aromatic nitrogens is 1. The Morgan fingerprint density at radius 1 is 1.24 bits per heavy atom. The zero-order valence-corrected chi connectivity index (χ0v) is 22.1. The fourth-order valence-electron chi connectivity index (χ4n) is 5.21. The van der Waals surface area contributed by atoms with Crippen molar-refractivity contribution in [3.63, 3.8) is 0 Å². The number of carboxylic acids is 1. The molecule has 3 aromatic rings. The normalized spacial score (nSPS) is 18.5. The molecule has 200 valence electrons. The van der Waals surface area contributed by atoms with Gasteiger partial charge in [-0.2, -0.15) is 0 Å². The monoisotopic (exact) mass is 540 g/mol. The van der Waals surface area contributed by atoms with Crippen LogP contribution in [0.3, 0.4) is 0 Å². The molecule has 0 amide bonds. The number of likely N-dealkylation sites (tertiary alicyclic amines) is 1. The largest absolute Gasteiger partial charge is 0.497 e. The van der Waals surface area contributed by atoms with Gasteiger partial charge in [0.15, 0.2) is 0 Å². The molecule has 0 unspecified atom stereocenters. The third-order valence-electron chi connectivity index (χ3n) is 7.27. The van der Waals surface area contributed by atoms with Gasteiger partial charge in [0.05, 0.1) is 24.2 Å². The van der Waals surface area contributed by atoms with E-state index in [-0.39, 0.29) is 23.3 Å². The van der Waals surface area contributed by atoms with Gasteiger partial charge in [0.1, 0.15) is 17.7 Å². The molecule has 0 spiro atoms. The number of halogens is 3. The van der Waals surface area contributed by atoms with Crippen LogP contribution < -0.4 is 4.74 Å². The molecule has 1 fully saturated rings. The molecule has 1 saturated heterocycles. The van der Waals surface area contributed by atoms with E-state index < -0.39 is 18.0 Å². The van der Waals surface area contributed by atoms with E-state index >= 15 is 4.39 Å². The molecule has 5 nitrogen and oxygen atoms in total. The molecular weight excluding hydrogens is 510 g/mol. The van der Waals surface area contributed by atoms with Gasteiger partial charge in [0.2, 0.25) is 0 Å². The summed E-state index contributed by atoms with van der Waals surface area (Å²) in [6, 6.07) is 11.6. The second-order valence-corrected chi connectivity index (χ2v) is 10.1. The lowest BCUT2D eigenvalue weighted by Gasteiger charge is -2.38. The molecular formula is C30H31ClF2N2O3. The number of carboxylic acid groups (broad SMARTS) is 1. The van der Waals surface area contributed by atoms with E-state index in [1.807, 2.05) is 18.2 Å². The zero-order valence-electron chi connectivity index (χ0n) is 21.3. The van der Waals surface area contributed by atoms with Crippen LogP contribution in [0.25, 0.3) is 10.9 Å². The highest BCUT2D eigenvalue weighted by molar-refractivity contribution is 6.30. The first kappa shape index (κ1) is 27.8. The molecule has 4 rings (SSSR count). The topological polar surface area (TPSA) is 62.7 Å². The SMILES string of the molecule is COc1ccc2nccc([C@H](F)CC[C@@H]3CCN(CC#Cc4ccc(F)c(Cl)c4)C[C@H]3CCC(=O)O)c2c1. The fourth-order valence-corrected chi connectivity index (χ4v) is 5.39. The number of pyridine rings is 1. The van der Waals surface area contributed by atoms with E-state index in [9.17, 15) is 14.3 Å². The average Bonchev–Trinajstić information content (AvgIpc) is 2.92. The highest BCUT2D eigenvalue weighted by atomic mass is 35.5. The molecule has 0 aliphatic carbocycles. The van der Waals surface area contributed by atoms with Crippen LogP contribution in [0.5, 0.6) is 5.75 Å². The Kier molecular flexibility index (Phi) is 9.54. The van der Waals surface area contributed by atoms with Gasteiger partial charge in [0.25, 0.3) is 0 Å². The van der Waals surface area contributed by atoms with Crippen LogP contribution >= 0.6 is 11.6 Å². The van der Waals surface area contributed by atoms with Crippen LogP contribution in [0, 0.1) is 29.5 Å². The van der Waals surface area contributed by atoms with E-state index in [0.29, 0.717) is 49.2 Å². The summed E-state index contributed by atoms with van der Waals surface area (Å²) < 4.78 is 34.2. The highest BCUT2D eigenvalue weighted by Gasteiger charge is 2.30. The van der Waals surface area contributed by atoms with Crippen LogP contribution in [0.4, 0.5) is 8.78 Å². The van der Waals surface area contributed by atoms with Crippen LogP contribution in [-0.4, -0.2) is 47.7 Å². The van der Waals surface area contributed by atoms with E-state index in [1.54, 1.807) is 25.4 Å². The summed E-state index contributed by atoms with van der Waals surface area (Å²) in [4.78, 5) is 17.8. The second kappa shape index (κ2) is 13.0. The Hall–Kier alpha value is -3.21. The third-order valence-corrected chi connectivity index (χ3v) is 7.56. The predicted molar refractivity (Wildman–Crippen MR) is 145 cm³/mol. The van der Waals surface area contributed by atoms with Crippen LogP contribution in [0.15, 0.2) is 48.7 Å². The molecule has 1 N–H and O–H groups in total. The molecule has 8 heteroatoms. The first-order valence-corrected chi connectivity index (χ1v) is 13.2. The van der Waals surface area contributed by atoms with Gasteiger partial charge in [0, 0.05) is 30.1 Å². The molecule has 2 aromatic carbocycles. The fraction of sp³-hybridized carbons (Fsp3) is 0.400. The number of hydrogen-bond donors (Lipinski definition) is 1. The molecule has 0 bridgehead atoms. The van der Waals surface area contributed by atoms with E-state index in [4.69, 9.17) is 16.3 Å². The molecule has 2 heterocycles. The van der Waals surface area contributed by atoms with Crippen molar-refractivity contribution in [2.24, 2.45) is 11.8 Å². The van der Waals surface area contributed by atoms with Gasteiger partial charge in [-0.05, 0) is 92.1 Å². The number of benzene rings is 2. The summed E-state index contributed by atoms with van der Waals surface area (Å²) in [6.45, 7) is 2.03. The number of piperidine rings is 1. The van der Waals surface area contributed by atoms with Gasteiger partial charge in [-0.3, -0.25) is 14.7 Å². The Labute approximate surface area is 226 Å². The molecule has 0 saturated carbocycles. The van der Waals surface area contributed by atoms with E-state index in [1.165, 1.54) is 12.1 Å². The molecule has 0 radical (unpaired) electrons. The lowest BCUT2D eigenvalue weighted by atomic mass is 9.79. The lowest BCUT2D eigenvalue weighted by molar-refractivity contribution is -0.137. The van der Waals surface area contributed by atoms with Crippen molar-refractivity contribution < 1.29 is 23.4 Å². The Bertz CT molecular complexity index is 1340. The highest BCUT2D eigenvalue weighted by Crippen LogP contribution is 2.36. The number of rotatable bonds is 9. The standard InChI is InChI=1S/C30H31ClF2N2O3/c1-38-23-7-10-29-25(18-23)24(12-14-34-29)27(32)9-5-21-13-16-35(19-22(21)6-11-30(36)37)15-2-3-20-4-8-28(33)26(31)17-20/h4,7-8,10,12,14,17-18,21-22,27H,5-6,9,11,13,15-16,19H2,1H3,(H,36,37)/t21-,22-,27-/m1/s1. The number of alkyl halides is 1. The van der Waals surface area contributed by atoms with Crippen molar-refractivity contribution in [2.45, 2.75) is 38.3 Å². The maximum atomic E-state index is 15.5. The van der Waals surface area contributed by atoms with Crippen molar-refractivity contribution in [3.05, 3.63) is 70.6 Å². The lowest BCUT2D eigenvalue weighted by Crippen LogP contribution is -2.41. The molecule has 1 aromatic heterocycles. The summed E-state index contributed by atoms with van der Waals surface area (Å²) in [6.07, 6.45) is 2.99. The zero-order chi connectivity index (χ0) is 27.1. The third kappa shape index (κ3) is 7.21. The summed E-state index contributed by atoms with van der Waals surface area (Å²) in [5, 5.41) is 10.1. The van der Waals surface area contributed by atoms with Crippen molar-refractivity contribution in [2.75, 3.05) is 26.7 Å². The molecule has 3 atom stereocenters. The minimum Gasteiger partial charge on any atom is -0.497 e. The predicted octanol–water partition coefficient (Wildman–Crippen LogP) is 6.68. The Morgan fingerprint density at radius 3 is 2.84 bits per heavy atom. The number of nitrogens with zero attached hydrogens (tertiary/aromatic N) is 2. The van der Waals surface area contributed by atoms with Crippen molar-refractivity contribution >= 4 is 28.5 Å². The first-order chi connectivity index (χ1) is 18.3. The number of methoxy groups -OCH3 is 1. The van der Waals surface area contributed by atoms with Crippen LogP contribution in [-0.2, 0) is 4.79 Å². The summed E-state index contributed by atoms with van der Waals surface area (Å²) in [7, 11) is 1.58. The summed E-state index contributed by atoms with van der Waals surface area (Å²) >= 11 is 5.83. The molecule has 38 heavy (non-hydrogen) atoms. The quantitative estimate of drug-likeness (QED) is 0.307. The van der Waals surface area contributed by atoms with Gasteiger partial charge in [-0.25, -0.2) is 8.78 Å². The number of fused-ring (bicyclic) bond motifs is 1.